The number of ether oxygens (including phenoxy) is 1. The van der Waals surface area contributed by atoms with Gasteiger partial charge in [0.2, 0.25) is 0 Å². The second kappa shape index (κ2) is 2.21. The number of nitrogens with one attached hydrogen (secondary N) is 1. The highest BCUT2D eigenvalue weighted by atomic mass is 16.5. The van der Waals surface area contributed by atoms with Crippen LogP contribution in [0.15, 0.2) is 0 Å². The molecule has 0 aromatic rings. The number of hydrogen-bond acceptors (Lipinski definition) is 2. The molecule has 2 rings (SSSR count). The van der Waals surface area contributed by atoms with E-state index in [1.165, 1.54) is 19.5 Å². The normalized spacial score (nSPS) is 43.5. The van der Waals surface area contributed by atoms with Crippen molar-refractivity contribution in [1.82, 2.24) is 5.32 Å². The third-order valence-corrected chi connectivity index (χ3v) is 2.82. The van der Waals surface area contributed by atoms with Crippen LogP contribution in [0.5, 0.6) is 0 Å². The first-order valence-electron chi connectivity index (χ1n) is 4.16. The Morgan fingerprint density at radius 3 is 3.10 bits per heavy atom. The van der Waals surface area contributed by atoms with Crippen LogP contribution in [0.1, 0.15) is 13.3 Å². The van der Waals surface area contributed by atoms with Crippen molar-refractivity contribution in [2.45, 2.75) is 13.3 Å². The van der Waals surface area contributed by atoms with Crippen molar-refractivity contribution < 1.29 is 4.74 Å². The van der Waals surface area contributed by atoms with Crippen LogP contribution in [0, 0.1) is 11.3 Å². The van der Waals surface area contributed by atoms with Gasteiger partial charge < -0.3 is 10.1 Å². The van der Waals surface area contributed by atoms with Crippen LogP contribution in [0.3, 0.4) is 0 Å². The monoisotopic (exact) mass is 141 g/mol. The van der Waals surface area contributed by atoms with Gasteiger partial charge >= 0.3 is 0 Å². The SMILES string of the molecule is CCOCC12CNCC1C2. The third-order valence-electron chi connectivity index (χ3n) is 2.82. The molecule has 2 nitrogen and oxygen atoms in total. The summed E-state index contributed by atoms with van der Waals surface area (Å²) < 4.78 is 5.42. The highest BCUT2D eigenvalue weighted by molar-refractivity contribution is 5.09. The molecule has 1 saturated heterocycles. The highest BCUT2D eigenvalue weighted by Crippen LogP contribution is 2.54. The zero-order valence-electron chi connectivity index (χ0n) is 6.52. The van der Waals surface area contributed by atoms with Gasteiger partial charge in [-0.15, -0.1) is 0 Å². The van der Waals surface area contributed by atoms with Crippen LogP contribution in [0.25, 0.3) is 0 Å². The van der Waals surface area contributed by atoms with Gasteiger partial charge in [0.1, 0.15) is 0 Å². The number of hydrogen-bond donors (Lipinski definition) is 1. The lowest BCUT2D eigenvalue weighted by atomic mass is 10.1. The minimum Gasteiger partial charge on any atom is -0.381 e. The van der Waals surface area contributed by atoms with Crippen LogP contribution in [0.2, 0.25) is 0 Å². The van der Waals surface area contributed by atoms with Crippen molar-refractivity contribution in [2.75, 3.05) is 26.3 Å². The maximum Gasteiger partial charge on any atom is 0.0537 e. The zero-order valence-corrected chi connectivity index (χ0v) is 6.52. The predicted molar refractivity (Wildman–Crippen MR) is 39.9 cm³/mol. The molecule has 0 bridgehead atoms. The van der Waals surface area contributed by atoms with Crippen LogP contribution < -0.4 is 5.32 Å². The molecular weight excluding hydrogens is 126 g/mol. The van der Waals surface area contributed by atoms with Crippen molar-refractivity contribution in [2.24, 2.45) is 11.3 Å². The Bertz CT molecular complexity index is 137. The van der Waals surface area contributed by atoms with Crippen LogP contribution in [0.4, 0.5) is 0 Å². The summed E-state index contributed by atoms with van der Waals surface area (Å²) >= 11 is 0. The molecule has 2 aliphatic rings. The van der Waals surface area contributed by atoms with E-state index in [0.717, 1.165) is 19.1 Å². The van der Waals surface area contributed by atoms with E-state index < -0.39 is 0 Å². The Kier molecular flexibility index (Phi) is 1.46. The molecule has 1 N–H and O–H groups in total. The van der Waals surface area contributed by atoms with E-state index in [1.807, 2.05) is 0 Å². The summed E-state index contributed by atoms with van der Waals surface area (Å²) in [7, 11) is 0. The van der Waals surface area contributed by atoms with Crippen molar-refractivity contribution in [3.63, 3.8) is 0 Å². The van der Waals surface area contributed by atoms with Crippen LogP contribution in [-0.2, 0) is 4.74 Å². The third kappa shape index (κ3) is 0.867. The quantitative estimate of drug-likeness (QED) is 0.622. The molecule has 0 aromatic carbocycles. The standard InChI is InChI=1S/C8H15NO/c1-2-10-6-8-3-7(8)4-9-5-8/h7,9H,2-6H2,1H3. The van der Waals surface area contributed by atoms with Crippen LogP contribution >= 0.6 is 0 Å². The van der Waals surface area contributed by atoms with E-state index in [0.29, 0.717) is 5.41 Å². The summed E-state index contributed by atoms with van der Waals surface area (Å²) in [5.41, 5.74) is 0.579. The van der Waals surface area contributed by atoms with Gasteiger partial charge in [0.15, 0.2) is 0 Å². The van der Waals surface area contributed by atoms with Gasteiger partial charge in [-0.2, -0.15) is 0 Å². The Morgan fingerprint density at radius 2 is 2.60 bits per heavy atom. The van der Waals surface area contributed by atoms with E-state index >= 15 is 0 Å². The summed E-state index contributed by atoms with van der Waals surface area (Å²) in [4.78, 5) is 0. The Balaban J connectivity index is 1.82. The Hall–Kier alpha value is -0.0800. The van der Waals surface area contributed by atoms with E-state index in [9.17, 15) is 0 Å². The van der Waals surface area contributed by atoms with E-state index in [4.69, 9.17) is 4.74 Å². The van der Waals surface area contributed by atoms with Crippen molar-refractivity contribution in [3.8, 4) is 0 Å². The fourth-order valence-corrected chi connectivity index (χ4v) is 1.97. The fourth-order valence-electron chi connectivity index (χ4n) is 1.97. The second-order valence-electron chi connectivity index (χ2n) is 3.53. The van der Waals surface area contributed by atoms with E-state index in [1.54, 1.807) is 0 Å². The first-order valence-corrected chi connectivity index (χ1v) is 4.16. The van der Waals surface area contributed by atoms with Gasteiger partial charge in [-0.05, 0) is 25.8 Å². The largest absolute Gasteiger partial charge is 0.381 e. The number of rotatable bonds is 3. The lowest BCUT2D eigenvalue weighted by Gasteiger charge is -2.09. The van der Waals surface area contributed by atoms with Crippen molar-refractivity contribution in [3.05, 3.63) is 0 Å². The summed E-state index contributed by atoms with van der Waals surface area (Å²) in [5.74, 6) is 0.944. The molecule has 0 radical (unpaired) electrons. The molecule has 2 heteroatoms. The molecule has 0 aromatic heterocycles. The molecule has 2 atom stereocenters. The molecule has 1 saturated carbocycles. The maximum atomic E-state index is 5.42. The van der Waals surface area contributed by atoms with Gasteiger partial charge in [-0.25, -0.2) is 0 Å². The van der Waals surface area contributed by atoms with Gasteiger partial charge in [-0.1, -0.05) is 0 Å². The molecule has 2 fully saturated rings. The maximum absolute atomic E-state index is 5.42. The number of fused-ring (bicyclic) bond motifs is 1. The van der Waals surface area contributed by atoms with Crippen molar-refractivity contribution >= 4 is 0 Å². The average Bonchev–Trinajstić information content (AvgIpc) is 2.51. The van der Waals surface area contributed by atoms with Gasteiger partial charge in [0.05, 0.1) is 6.61 Å². The molecule has 10 heavy (non-hydrogen) atoms. The molecular formula is C8H15NO. The smallest absolute Gasteiger partial charge is 0.0537 e. The van der Waals surface area contributed by atoms with Crippen molar-refractivity contribution in [1.29, 1.82) is 0 Å². The Labute approximate surface area is 61.9 Å². The molecule has 58 valence electrons. The minimum absolute atomic E-state index is 0.579. The lowest BCUT2D eigenvalue weighted by Crippen LogP contribution is -2.20. The van der Waals surface area contributed by atoms with Gasteiger partial charge in [0, 0.05) is 18.6 Å². The molecule has 1 aliphatic heterocycles. The summed E-state index contributed by atoms with van der Waals surface area (Å²) in [6.45, 7) is 6.34. The van der Waals surface area contributed by atoms with Gasteiger partial charge in [0.25, 0.3) is 0 Å². The minimum atomic E-state index is 0.579. The molecule has 0 amide bonds. The second-order valence-corrected chi connectivity index (χ2v) is 3.53. The first-order chi connectivity index (χ1) is 4.87. The zero-order chi connectivity index (χ0) is 7.03. The molecule has 0 spiro atoms. The molecule has 2 unspecified atom stereocenters. The highest BCUT2D eigenvalue weighted by Gasteiger charge is 2.56. The van der Waals surface area contributed by atoms with Crippen LogP contribution in [-0.4, -0.2) is 26.3 Å². The average molecular weight is 141 g/mol. The summed E-state index contributed by atoms with van der Waals surface area (Å²) in [6.07, 6.45) is 1.40. The molecule has 1 heterocycles. The predicted octanol–water partition coefficient (Wildman–Crippen LogP) is 0.632. The fraction of sp³-hybridized carbons (Fsp3) is 1.00. The van der Waals surface area contributed by atoms with Gasteiger partial charge in [-0.3, -0.25) is 0 Å². The first kappa shape index (κ1) is 6.62. The summed E-state index contributed by atoms with van der Waals surface area (Å²) in [5, 5.41) is 3.39. The summed E-state index contributed by atoms with van der Waals surface area (Å²) in [6, 6.07) is 0. The number of piperidine rings is 1. The Morgan fingerprint density at radius 1 is 1.70 bits per heavy atom. The topological polar surface area (TPSA) is 21.3 Å². The van der Waals surface area contributed by atoms with E-state index in [2.05, 4.69) is 12.2 Å². The molecule has 1 aliphatic carbocycles. The van der Waals surface area contributed by atoms with E-state index in [-0.39, 0.29) is 0 Å². The lowest BCUT2D eigenvalue weighted by molar-refractivity contribution is 0.102.